The van der Waals surface area contributed by atoms with Crippen molar-refractivity contribution in [2.45, 2.75) is 6.92 Å². The van der Waals surface area contributed by atoms with E-state index in [-0.39, 0.29) is 5.57 Å². The van der Waals surface area contributed by atoms with Gasteiger partial charge in [-0.1, -0.05) is 6.07 Å². The molecule has 1 aliphatic heterocycles. The summed E-state index contributed by atoms with van der Waals surface area (Å²) < 4.78 is 7.34. The zero-order valence-corrected chi connectivity index (χ0v) is 18.6. The summed E-state index contributed by atoms with van der Waals surface area (Å²) in [5.41, 5.74) is 2.73. The molecule has 0 spiro atoms. The Labute approximate surface area is 191 Å². The Morgan fingerprint density at radius 2 is 1.73 bits per heavy atom. The maximum atomic E-state index is 13.2. The number of urea groups is 1. The molecule has 1 saturated heterocycles. The molecule has 2 heterocycles. The number of carbonyl (C=O) groups is 3. The van der Waals surface area contributed by atoms with Crippen LogP contribution in [0.3, 0.4) is 0 Å². The number of hydrogen-bond donors (Lipinski definition) is 1. The van der Waals surface area contributed by atoms with Gasteiger partial charge in [-0.2, -0.15) is 0 Å². The topological polar surface area (TPSA) is 83.9 Å². The highest BCUT2D eigenvalue weighted by atomic mass is 16.5. The zero-order chi connectivity index (χ0) is 23.5. The number of aromatic nitrogens is 1. The first-order valence-corrected chi connectivity index (χ1v) is 10.5. The first kappa shape index (κ1) is 21.9. The molecular weight excluding hydrogens is 420 g/mol. The smallest absolute Gasteiger partial charge is 0.335 e. The van der Waals surface area contributed by atoms with E-state index in [4.69, 9.17) is 4.74 Å². The summed E-state index contributed by atoms with van der Waals surface area (Å²) in [5.74, 6) is -0.918. The second kappa shape index (κ2) is 9.04. The number of barbiturate groups is 1. The van der Waals surface area contributed by atoms with Crippen LogP contribution < -0.4 is 19.9 Å². The molecular formula is C25H24N4O4. The minimum Gasteiger partial charge on any atom is -0.494 e. The molecule has 0 atom stereocenters. The number of anilines is 2. The quantitative estimate of drug-likeness (QED) is 0.464. The minimum absolute atomic E-state index is 0.138. The van der Waals surface area contributed by atoms with Crippen LogP contribution in [0.25, 0.3) is 11.8 Å². The highest BCUT2D eigenvalue weighted by molar-refractivity contribution is 6.39. The molecule has 0 radical (unpaired) electrons. The van der Waals surface area contributed by atoms with Crippen LogP contribution in [0.1, 0.15) is 12.6 Å². The van der Waals surface area contributed by atoms with Gasteiger partial charge in [0.2, 0.25) is 0 Å². The van der Waals surface area contributed by atoms with E-state index < -0.39 is 17.8 Å². The molecule has 0 aliphatic carbocycles. The van der Waals surface area contributed by atoms with E-state index in [0.29, 0.717) is 23.7 Å². The van der Waals surface area contributed by atoms with Gasteiger partial charge in [0.05, 0.1) is 12.3 Å². The van der Waals surface area contributed by atoms with Crippen LogP contribution in [0.5, 0.6) is 5.75 Å². The van der Waals surface area contributed by atoms with Crippen molar-refractivity contribution in [3.8, 4) is 11.4 Å². The highest BCUT2D eigenvalue weighted by Crippen LogP contribution is 2.26. The SMILES string of the molecule is CCOc1cccc(N2C(=O)NC(=O)/C(=C\c3cccn3-c3ccc(N(C)C)cc3)C2=O)c1. The third-order valence-corrected chi connectivity index (χ3v) is 5.21. The molecule has 168 valence electrons. The van der Waals surface area contributed by atoms with Crippen LogP contribution in [-0.2, 0) is 9.59 Å². The van der Waals surface area contributed by atoms with E-state index in [1.807, 2.05) is 67.0 Å². The van der Waals surface area contributed by atoms with Crippen molar-refractivity contribution in [3.05, 3.63) is 78.1 Å². The number of ether oxygens (including phenoxy) is 1. The third kappa shape index (κ3) is 4.36. The first-order valence-electron chi connectivity index (χ1n) is 10.5. The van der Waals surface area contributed by atoms with Crippen molar-refractivity contribution >= 4 is 35.3 Å². The van der Waals surface area contributed by atoms with Crippen molar-refractivity contribution in [3.63, 3.8) is 0 Å². The van der Waals surface area contributed by atoms with Crippen LogP contribution >= 0.6 is 0 Å². The number of rotatable bonds is 6. The lowest BCUT2D eigenvalue weighted by atomic mass is 10.1. The monoisotopic (exact) mass is 444 g/mol. The van der Waals surface area contributed by atoms with Crippen molar-refractivity contribution in [2.24, 2.45) is 0 Å². The number of nitrogens with one attached hydrogen (secondary N) is 1. The summed E-state index contributed by atoms with van der Waals surface area (Å²) in [5, 5.41) is 2.25. The van der Waals surface area contributed by atoms with E-state index in [1.54, 1.807) is 30.3 Å². The lowest BCUT2D eigenvalue weighted by molar-refractivity contribution is -0.122. The van der Waals surface area contributed by atoms with Gasteiger partial charge in [-0.25, -0.2) is 9.69 Å². The average Bonchev–Trinajstić information content (AvgIpc) is 3.25. The summed E-state index contributed by atoms with van der Waals surface area (Å²) in [6.45, 7) is 2.29. The van der Waals surface area contributed by atoms with E-state index in [2.05, 4.69) is 5.32 Å². The molecule has 1 fully saturated rings. The lowest BCUT2D eigenvalue weighted by Gasteiger charge is -2.26. The van der Waals surface area contributed by atoms with E-state index >= 15 is 0 Å². The van der Waals surface area contributed by atoms with Gasteiger partial charge in [-0.3, -0.25) is 14.9 Å². The predicted octanol–water partition coefficient (Wildman–Crippen LogP) is 3.61. The molecule has 3 aromatic rings. The second-order valence-electron chi connectivity index (χ2n) is 7.60. The van der Waals surface area contributed by atoms with E-state index in [0.717, 1.165) is 16.3 Å². The number of imide groups is 2. The van der Waals surface area contributed by atoms with Crippen LogP contribution in [0, 0.1) is 0 Å². The van der Waals surface area contributed by atoms with Crippen LogP contribution in [0.4, 0.5) is 16.2 Å². The molecule has 1 N–H and O–H groups in total. The van der Waals surface area contributed by atoms with Gasteiger partial charge < -0.3 is 14.2 Å². The lowest BCUT2D eigenvalue weighted by Crippen LogP contribution is -2.54. The molecule has 0 saturated carbocycles. The molecule has 8 nitrogen and oxygen atoms in total. The standard InChI is InChI=1S/C25H24N4O4/c1-4-33-21-9-5-7-20(15-21)29-24(31)22(23(30)26-25(29)32)16-19-8-6-14-28(19)18-12-10-17(11-13-18)27(2)3/h5-16H,4H2,1-3H3,(H,26,30,32)/b22-16+. The fourth-order valence-electron chi connectivity index (χ4n) is 3.58. The van der Waals surface area contributed by atoms with Crippen molar-refractivity contribution in [2.75, 3.05) is 30.5 Å². The molecule has 0 unspecified atom stereocenters. The number of carbonyl (C=O) groups excluding carboxylic acids is 3. The van der Waals surface area contributed by atoms with Crippen molar-refractivity contribution < 1.29 is 19.1 Å². The zero-order valence-electron chi connectivity index (χ0n) is 18.6. The Kier molecular flexibility index (Phi) is 5.99. The van der Waals surface area contributed by atoms with Crippen LogP contribution in [-0.4, -0.2) is 43.1 Å². The Morgan fingerprint density at radius 3 is 2.42 bits per heavy atom. The molecule has 8 heteroatoms. The second-order valence-corrected chi connectivity index (χ2v) is 7.60. The normalized spacial score (nSPS) is 15.1. The van der Waals surface area contributed by atoms with Gasteiger partial charge in [0.15, 0.2) is 0 Å². The summed E-state index contributed by atoms with van der Waals surface area (Å²) in [7, 11) is 3.93. The van der Waals surface area contributed by atoms with Gasteiger partial charge >= 0.3 is 6.03 Å². The Balaban J connectivity index is 1.69. The number of hydrogen-bond acceptors (Lipinski definition) is 5. The highest BCUT2D eigenvalue weighted by Gasteiger charge is 2.37. The molecule has 4 rings (SSSR count). The fraction of sp³-hybridized carbons (Fsp3) is 0.160. The summed E-state index contributed by atoms with van der Waals surface area (Å²) in [4.78, 5) is 41.2. The molecule has 1 aromatic heterocycles. The maximum absolute atomic E-state index is 13.2. The van der Waals surface area contributed by atoms with Gasteiger partial charge in [0.25, 0.3) is 11.8 Å². The largest absolute Gasteiger partial charge is 0.494 e. The van der Waals surface area contributed by atoms with E-state index in [1.165, 1.54) is 6.08 Å². The number of amides is 4. The Hall–Kier alpha value is -4.33. The Bertz CT molecular complexity index is 1240. The molecule has 0 bridgehead atoms. The van der Waals surface area contributed by atoms with Gasteiger partial charge in [-0.05, 0) is 61.5 Å². The van der Waals surface area contributed by atoms with Crippen LogP contribution in [0.15, 0.2) is 72.4 Å². The predicted molar refractivity (Wildman–Crippen MR) is 127 cm³/mol. The molecule has 1 aliphatic rings. The molecule has 4 amide bonds. The summed E-state index contributed by atoms with van der Waals surface area (Å²) in [6, 6.07) is 17.3. The fourth-order valence-corrected chi connectivity index (χ4v) is 3.58. The maximum Gasteiger partial charge on any atom is 0.335 e. The number of benzene rings is 2. The summed E-state index contributed by atoms with van der Waals surface area (Å²) >= 11 is 0. The minimum atomic E-state index is -0.801. The van der Waals surface area contributed by atoms with Crippen molar-refractivity contribution in [1.82, 2.24) is 9.88 Å². The first-order chi connectivity index (χ1) is 15.9. The van der Waals surface area contributed by atoms with Crippen LogP contribution in [0.2, 0.25) is 0 Å². The Morgan fingerprint density at radius 1 is 0.970 bits per heavy atom. The van der Waals surface area contributed by atoms with Crippen molar-refractivity contribution in [1.29, 1.82) is 0 Å². The van der Waals surface area contributed by atoms with E-state index in [9.17, 15) is 14.4 Å². The third-order valence-electron chi connectivity index (χ3n) is 5.21. The average molecular weight is 444 g/mol. The molecule has 33 heavy (non-hydrogen) atoms. The van der Waals surface area contributed by atoms with Gasteiger partial charge in [-0.15, -0.1) is 0 Å². The molecule has 2 aromatic carbocycles. The number of nitrogens with zero attached hydrogens (tertiary/aromatic N) is 3. The van der Waals surface area contributed by atoms with Gasteiger partial charge in [0, 0.05) is 43.4 Å². The summed E-state index contributed by atoms with van der Waals surface area (Å²) in [6.07, 6.45) is 3.33. The van der Waals surface area contributed by atoms with Gasteiger partial charge in [0.1, 0.15) is 11.3 Å².